The molecule has 312 valence electrons. The van der Waals surface area contributed by atoms with Crippen molar-refractivity contribution in [2.75, 3.05) is 72.5 Å². The number of aliphatic carboxylic acids is 8. The SMILES string of the molecule is O=C(O)CCSCCC(=O)O.O=C(O)CCSCCC(=O)O.O=C(O)CCSCCC(=O)O.O=C(O)CCSCCC(=O)O.OCC(CO)(CO)CO. The molecule has 0 saturated heterocycles. The van der Waals surface area contributed by atoms with Crippen LogP contribution in [0.5, 0.6) is 0 Å². The average molecular weight is 849 g/mol. The van der Waals surface area contributed by atoms with Crippen LogP contribution in [0.2, 0.25) is 0 Å². The van der Waals surface area contributed by atoms with Crippen molar-refractivity contribution >= 4 is 94.8 Å². The smallest absolute Gasteiger partial charge is 0.304 e. The summed E-state index contributed by atoms with van der Waals surface area (Å²) >= 11 is 5.39. The largest absolute Gasteiger partial charge is 0.481 e. The number of carboxylic acids is 8. The van der Waals surface area contributed by atoms with E-state index < -0.39 is 79.6 Å². The fraction of sp³-hybridized carbons (Fsp3) is 0.724. The molecule has 0 aliphatic carbocycles. The highest BCUT2D eigenvalue weighted by Crippen LogP contribution is 2.12. The van der Waals surface area contributed by atoms with Gasteiger partial charge in [0.05, 0.1) is 83.2 Å². The average Bonchev–Trinajstić information content (AvgIpc) is 3.05. The predicted molar refractivity (Wildman–Crippen MR) is 198 cm³/mol. The zero-order chi connectivity index (χ0) is 42.1. The standard InChI is InChI=1S/4C6H10O4S.C5H12O4/c4*7-5(8)1-3-11-4-2-6(9)10;6-1-5(2-7,3-8)4-9/h4*1-4H2,(H,7,8)(H,9,10);6-9H,1-4H2. The van der Waals surface area contributed by atoms with Crippen LogP contribution in [0.1, 0.15) is 51.4 Å². The first-order valence-corrected chi connectivity index (χ1v) is 19.9. The van der Waals surface area contributed by atoms with Gasteiger partial charge in [-0.25, -0.2) is 0 Å². The van der Waals surface area contributed by atoms with Gasteiger partial charge < -0.3 is 61.3 Å². The summed E-state index contributed by atoms with van der Waals surface area (Å²) in [4.78, 5) is 79.7. The molecule has 24 heteroatoms. The number of aliphatic hydroxyl groups excluding tert-OH is 4. The molecule has 0 aliphatic rings. The summed E-state index contributed by atoms with van der Waals surface area (Å²) in [6.45, 7) is -1.62. The minimum atomic E-state index is -1.11. The monoisotopic (exact) mass is 848 g/mol. The Labute approximate surface area is 322 Å². The summed E-state index contributed by atoms with van der Waals surface area (Å²) in [5.41, 5.74) is -1.11. The Morgan fingerprint density at radius 1 is 0.283 bits per heavy atom. The minimum Gasteiger partial charge on any atom is -0.481 e. The summed E-state index contributed by atoms with van der Waals surface area (Å²) in [5, 5.41) is 99.5. The molecule has 0 aromatic rings. The molecule has 0 rings (SSSR count). The second-order valence-electron chi connectivity index (χ2n) is 9.73. The van der Waals surface area contributed by atoms with E-state index in [0.717, 1.165) is 0 Å². The molecule has 0 aromatic carbocycles. The lowest BCUT2D eigenvalue weighted by atomic mass is 9.93. The van der Waals surface area contributed by atoms with E-state index in [1.165, 1.54) is 47.0 Å². The number of carbonyl (C=O) groups is 8. The lowest BCUT2D eigenvalue weighted by Gasteiger charge is -2.23. The van der Waals surface area contributed by atoms with E-state index >= 15 is 0 Å². The van der Waals surface area contributed by atoms with Crippen LogP contribution < -0.4 is 0 Å². The van der Waals surface area contributed by atoms with E-state index in [-0.39, 0.29) is 51.4 Å². The molecule has 0 fully saturated rings. The molecule has 0 unspecified atom stereocenters. The quantitative estimate of drug-likeness (QED) is 0.0480. The summed E-state index contributed by atoms with van der Waals surface area (Å²) in [6, 6.07) is 0. The van der Waals surface area contributed by atoms with E-state index in [1.807, 2.05) is 0 Å². The molecule has 0 radical (unpaired) electrons. The maximum atomic E-state index is 9.97. The molecule has 0 aliphatic heterocycles. The number of hydrogen-bond acceptors (Lipinski definition) is 16. The maximum Gasteiger partial charge on any atom is 0.304 e. The molecule has 0 atom stereocenters. The van der Waals surface area contributed by atoms with Crippen LogP contribution in [0, 0.1) is 5.41 Å². The first-order valence-electron chi connectivity index (χ1n) is 15.2. The van der Waals surface area contributed by atoms with Gasteiger partial charge >= 0.3 is 47.8 Å². The number of rotatable bonds is 28. The van der Waals surface area contributed by atoms with Crippen molar-refractivity contribution in [1.29, 1.82) is 0 Å². The van der Waals surface area contributed by atoms with Crippen LogP contribution in [-0.4, -0.2) is 181 Å². The van der Waals surface area contributed by atoms with Gasteiger partial charge in [0.1, 0.15) is 0 Å². The first-order chi connectivity index (χ1) is 24.7. The molecule has 0 heterocycles. The Bertz CT molecular complexity index is 793. The number of aliphatic hydroxyl groups is 4. The van der Waals surface area contributed by atoms with Crippen LogP contribution >= 0.6 is 47.0 Å². The van der Waals surface area contributed by atoms with Crippen molar-refractivity contribution in [2.45, 2.75) is 51.4 Å². The van der Waals surface area contributed by atoms with Gasteiger partial charge in [-0.15, -0.1) is 0 Å². The fourth-order valence-electron chi connectivity index (χ4n) is 1.98. The molecule has 53 heavy (non-hydrogen) atoms. The van der Waals surface area contributed by atoms with Gasteiger partial charge in [0.25, 0.3) is 0 Å². The van der Waals surface area contributed by atoms with E-state index in [9.17, 15) is 38.4 Å². The summed E-state index contributed by atoms with van der Waals surface area (Å²) < 4.78 is 0. The Kier molecular flexibility index (Phi) is 48.6. The van der Waals surface area contributed by atoms with Crippen LogP contribution in [-0.2, 0) is 38.4 Å². The third kappa shape index (κ3) is 64.4. The van der Waals surface area contributed by atoms with Gasteiger partial charge in [-0.1, -0.05) is 0 Å². The zero-order valence-corrected chi connectivity index (χ0v) is 32.2. The van der Waals surface area contributed by atoms with Gasteiger partial charge in [-0.3, -0.25) is 38.4 Å². The van der Waals surface area contributed by atoms with Crippen molar-refractivity contribution < 1.29 is 99.6 Å². The van der Waals surface area contributed by atoms with Crippen LogP contribution in [0.15, 0.2) is 0 Å². The second kappa shape index (κ2) is 43.4. The highest BCUT2D eigenvalue weighted by molar-refractivity contribution is 7.99. The minimum absolute atomic E-state index is 0.101. The number of carboxylic acid groups (broad SMARTS) is 8. The fourth-order valence-corrected chi connectivity index (χ4v) is 5.35. The Hall–Kier alpha value is -3.00. The van der Waals surface area contributed by atoms with Crippen molar-refractivity contribution in [3.8, 4) is 0 Å². The van der Waals surface area contributed by atoms with E-state index in [0.29, 0.717) is 46.0 Å². The van der Waals surface area contributed by atoms with Crippen molar-refractivity contribution in [3.05, 3.63) is 0 Å². The van der Waals surface area contributed by atoms with Crippen LogP contribution in [0.3, 0.4) is 0 Å². The van der Waals surface area contributed by atoms with Crippen molar-refractivity contribution in [2.24, 2.45) is 5.41 Å². The van der Waals surface area contributed by atoms with E-state index in [4.69, 9.17) is 61.3 Å². The molecule has 20 nitrogen and oxygen atoms in total. The normalized spacial score (nSPS) is 9.89. The third-order valence-corrected chi connectivity index (χ3v) is 8.97. The highest BCUT2D eigenvalue weighted by atomic mass is 32.2. The Morgan fingerprint density at radius 3 is 0.453 bits per heavy atom. The molecule has 0 spiro atoms. The summed E-state index contributed by atoms with van der Waals surface area (Å²) in [7, 11) is 0. The lowest BCUT2D eigenvalue weighted by molar-refractivity contribution is -0.137. The van der Waals surface area contributed by atoms with Gasteiger partial charge in [0.15, 0.2) is 0 Å². The predicted octanol–water partition coefficient (Wildman–Crippen LogP) is 0.618. The molecule has 0 bridgehead atoms. The third-order valence-electron chi connectivity index (χ3n) is 5.02. The lowest BCUT2D eigenvalue weighted by Crippen LogP contribution is -2.37. The molecule has 0 aromatic heterocycles. The molecule has 0 amide bonds. The number of hydrogen-bond donors (Lipinski definition) is 12. The zero-order valence-electron chi connectivity index (χ0n) is 28.9. The molecule has 0 saturated carbocycles. The van der Waals surface area contributed by atoms with Crippen molar-refractivity contribution in [1.82, 2.24) is 0 Å². The number of thioether (sulfide) groups is 4. The molecular weight excluding hydrogens is 797 g/mol. The van der Waals surface area contributed by atoms with Crippen LogP contribution in [0.4, 0.5) is 0 Å². The Balaban J connectivity index is -0.000000181. The molecular formula is C29H52O20S4. The van der Waals surface area contributed by atoms with Gasteiger partial charge in [0.2, 0.25) is 0 Å². The Morgan fingerprint density at radius 2 is 0.396 bits per heavy atom. The molecule has 12 N–H and O–H groups in total. The van der Waals surface area contributed by atoms with E-state index in [1.54, 1.807) is 0 Å². The van der Waals surface area contributed by atoms with E-state index in [2.05, 4.69) is 0 Å². The first kappa shape index (κ1) is 59.3. The highest BCUT2D eigenvalue weighted by Gasteiger charge is 2.26. The van der Waals surface area contributed by atoms with Crippen molar-refractivity contribution in [3.63, 3.8) is 0 Å². The summed E-state index contributed by atoms with van der Waals surface area (Å²) in [5.74, 6) is -2.81. The maximum absolute atomic E-state index is 9.97. The van der Waals surface area contributed by atoms with Crippen LogP contribution in [0.25, 0.3) is 0 Å². The second-order valence-corrected chi connectivity index (χ2v) is 14.6. The van der Waals surface area contributed by atoms with Gasteiger partial charge in [-0.05, 0) is 0 Å². The van der Waals surface area contributed by atoms with Gasteiger partial charge in [-0.2, -0.15) is 47.0 Å². The summed E-state index contributed by atoms with van der Waals surface area (Å²) in [6.07, 6.45) is 0.812. The van der Waals surface area contributed by atoms with Gasteiger partial charge in [0, 0.05) is 46.0 Å². The topological polar surface area (TPSA) is 379 Å².